The second-order valence-electron chi connectivity index (χ2n) is 3.01. The largest absolute Gasteiger partial charge is 0.380 e. The van der Waals surface area contributed by atoms with E-state index in [-0.39, 0.29) is 0 Å². The van der Waals surface area contributed by atoms with Gasteiger partial charge in [-0.05, 0) is 32.0 Å². The van der Waals surface area contributed by atoms with E-state index >= 15 is 0 Å². The summed E-state index contributed by atoms with van der Waals surface area (Å²) in [6.07, 6.45) is 0. The molecule has 66 valence electrons. The van der Waals surface area contributed by atoms with Crippen LogP contribution in [0.15, 0.2) is 29.2 Å². The summed E-state index contributed by atoms with van der Waals surface area (Å²) < 4.78 is 0. The fourth-order valence-corrected chi connectivity index (χ4v) is 1.98. The van der Waals surface area contributed by atoms with Gasteiger partial charge in [-0.25, -0.2) is 0 Å². The van der Waals surface area contributed by atoms with Crippen molar-refractivity contribution in [2.24, 2.45) is 0 Å². The molecule has 1 aromatic carbocycles. The maximum Gasteiger partial charge on any atom is 0.109 e. The smallest absolute Gasteiger partial charge is 0.109 e. The van der Waals surface area contributed by atoms with Crippen LogP contribution in [0.25, 0.3) is 0 Å². The van der Waals surface area contributed by atoms with Gasteiger partial charge in [0.15, 0.2) is 0 Å². The number of rotatable bonds is 2. The van der Waals surface area contributed by atoms with Gasteiger partial charge >= 0.3 is 0 Å². The lowest BCUT2D eigenvalue weighted by Gasteiger charge is -2.15. The van der Waals surface area contributed by atoms with Crippen molar-refractivity contribution in [3.63, 3.8) is 0 Å². The van der Waals surface area contributed by atoms with Gasteiger partial charge in [0.25, 0.3) is 0 Å². The molecule has 0 amide bonds. The molecule has 1 aromatic rings. The Labute approximate surface area is 81.7 Å². The van der Waals surface area contributed by atoms with Crippen molar-refractivity contribution in [2.45, 2.75) is 23.7 Å². The maximum absolute atomic E-state index is 9.48. The van der Waals surface area contributed by atoms with Crippen LogP contribution in [0.5, 0.6) is 0 Å². The van der Waals surface area contributed by atoms with Crippen molar-refractivity contribution in [2.75, 3.05) is 0 Å². The molecule has 3 heteroatoms. The van der Waals surface area contributed by atoms with Gasteiger partial charge in [-0.3, -0.25) is 0 Å². The molecule has 0 fully saturated rings. The Balaban J connectivity index is 2.77. The molecule has 12 heavy (non-hydrogen) atoms. The Morgan fingerprint density at radius 3 is 2.58 bits per heavy atom. The predicted octanol–water partition coefficient (Wildman–Crippen LogP) is 3.16. The van der Waals surface area contributed by atoms with Crippen LogP contribution < -0.4 is 0 Å². The molecule has 0 spiro atoms. The number of aliphatic hydroxyl groups is 1. The van der Waals surface area contributed by atoms with E-state index in [2.05, 4.69) is 0 Å². The van der Waals surface area contributed by atoms with Crippen LogP contribution in [0.3, 0.4) is 0 Å². The molecular weight excluding hydrogens is 192 g/mol. The van der Waals surface area contributed by atoms with E-state index in [1.807, 2.05) is 24.3 Å². The highest BCUT2D eigenvalue weighted by Gasteiger charge is 2.13. The molecule has 0 atom stereocenters. The highest BCUT2D eigenvalue weighted by Crippen LogP contribution is 2.31. The van der Waals surface area contributed by atoms with E-state index in [9.17, 15) is 5.11 Å². The molecule has 0 aromatic heterocycles. The van der Waals surface area contributed by atoms with Crippen molar-refractivity contribution in [3.05, 3.63) is 29.3 Å². The fraction of sp³-hybridized carbons (Fsp3) is 0.333. The van der Waals surface area contributed by atoms with E-state index in [0.717, 1.165) is 4.90 Å². The summed E-state index contributed by atoms with van der Waals surface area (Å²) in [6.45, 7) is 3.50. The van der Waals surface area contributed by atoms with Crippen molar-refractivity contribution in [1.82, 2.24) is 0 Å². The summed E-state index contributed by atoms with van der Waals surface area (Å²) in [5, 5.41) is 10.2. The second kappa shape index (κ2) is 3.69. The van der Waals surface area contributed by atoms with Crippen molar-refractivity contribution in [1.29, 1.82) is 0 Å². The average Bonchev–Trinajstić information content (AvgIpc) is 1.82. The van der Waals surface area contributed by atoms with Gasteiger partial charge < -0.3 is 5.11 Å². The normalized spacial score (nSPS) is 11.7. The summed E-state index contributed by atoms with van der Waals surface area (Å²) in [5.74, 6) is 0. The molecule has 1 rings (SSSR count). The van der Waals surface area contributed by atoms with Gasteiger partial charge in [-0.2, -0.15) is 0 Å². The number of thioether (sulfide) groups is 1. The molecule has 0 saturated heterocycles. The van der Waals surface area contributed by atoms with Gasteiger partial charge in [0.05, 0.1) is 0 Å². The standard InChI is InChI=1S/C9H11ClOS/c1-9(2,11)12-8-5-3-4-7(10)6-8/h3-6,11H,1-2H3. The highest BCUT2D eigenvalue weighted by molar-refractivity contribution is 8.00. The minimum atomic E-state index is -0.745. The highest BCUT2D eigenvalue weighted by atomic mass is 35.5. The minimum absolute atomic E-state index is 0.698. The molecule has 0 bridgehead atoms. The van der Waals surface area contributed by atoms with Gasteiger partial charge in [-0.1, -0.05) is 29.4 Å². The van der Waals surface area contributed by atoms with Crippen LogP contribution in [0.1, 0.15) is 13.8 Å². The molecule has 1 nitrogen and oxygen atoms in total. The molecular formula is C9H11ClOS. The van der Waals surface area contributed by atoms with Crippen LogP contribution >= 0.6 is 23.4 Å². The van der Waals surface area contributed by atoms with Crippen LogP contribution in [0.4, 0.5) is 0 Å². The third-order valence-corrected chi connectivity index (χ3v) is 2.39. The molecule has 0 radical (unpaired) electrons. The van der Waals surface area contributed by atoms with Crippen LogP contribution in [-0.2, 0) is 0 Å². The molecule has 1 N–H and O–H groups in total. The Bertz CT molecular complexity index is 267. The zero-order valence-corrected chi connectivity index (χ0v) is 8.62. The SMILES string of the molecule is CC(C)(O)Sc1cccc(Cl)c1. The second-order valence-corrected chi connectivity index (χ2v) is 5.12. The molecule has 0 aliphatic heterocycles. The molecule has 0 aliphatic rings. The quantitative estimate of drug-likeness (QED) is 0.587. The molecule has 0 unspecified atom stereocenters. The lowest BCUT2D eigenvalue weighted by Crippen LogP contribution is -2.11. The third-order valence-electron chi connectivity index (χ3n) is 1.16. The zero-order chi connectivity index (χ0) is 9.19. The van der Waals surface area contributed by atoms with E-state index in [0.29, 0.717) is 5.02 Å². The molecule has 0 heterocycles. The summed E-state index contributed by atoms with van der Waals surface area (Å²) in [6, 6.07) is 7.45. The van der Waals surface area contributed by atoms with Gasteiger partial charge in [0.2, 0.25) is 0 Å². The number of halogens is 1. The Morgan fingerprint density at radius 2 is 2.08 bits per heavy atom. The summed E-state index contributed by atoms with van der Waals surface area (Å²) in [7, 11) is 0. The lowest BCUT2D eigenvalue weighted by molar-refractivity contribution is 0.179. The van der Waals surface area contributed by atoms with Gasteiger partial charge in [0.1, 0.15) is 4.93 Å². The van der Waals surface area contributed by atoms with E-state index in [4.69, 9.17) is 11.6 Å². The lowest BCUT2D eigenvalue weighted by atomic mass is 10.4. The molecule has 0 saturated carbocycles. The summed E-state index contributed by atoms with van der Waals surface area (Å²) >= 11 is 7.16. The number of benzene rings is 1. The topological polar surface area (TPSA) is 20.2 Å². The predicted molar refractivity (Wildman–Crippen MR) is 53.6 cm³/mol. The first-order valence-electron chi connectivity index (χ1n) is 3.64. The first kappa shape index (κ1) is 9.90. The van der Waals surface area contributed by atoms with Gasteiger partial charge in [-0.15, -0.1) is 0 Å². The van der Waals surface area contributed by atoms with Crippen LogP contribution in [-0.4, -0.2) is 10.0 Å². The third kappa shape index (κ3) is 3.48. The molecule has 0 aliphatic carbocycles. The number of hydrogen-bond donors (Lipinski definition) is 1. The monoisotopic (exact) mass is 202 g/mol. The fourth-order valence-electron chi connectivity index (χ4n) is 0.819. The van der Waals surface area contributed by atoms with Crippen molar-refractivity contribution < 1.29 is 5.11 Å². The Hall–Kier alpha value is -0.180. The van der Waals surface area contributed by atoms with E-state index < -0.39 is 4.93 Å². The average molecular weight is 203 g/mol. The number of hydrogen-bond acceptors (Lipinski definition) is 2. The Kier molecular flexibility index (Phi) is 3.04. The van der Waals surface area contributed by atoms with Crippen LogP contribution in [0.2, 0.25) is 5.02 Å². The van der Waals surface area contributed by atoms with Crippen molar-refractivity contribution >= 4 is 23.4 Å². The summed E-state index contributed by atoms with van der Waals surface area (Å²) in [4.78, 5) is 0.236. The van der Waals surface area contributed by atoms with E-state index in [1.54, 1.807) is 13.8 Å². The minimum Gasteiger partial charge on any atom is -0.380 e. The van der Waals surface area contributed by atoms with E-state index in [1.165, 1.54) is 11.8 Å². The van der Waals surface area contributed by atoms with Gasteiger partial charge in [0, 0.05) is 9.92 Å². The first-order chi connectivity index (χ1) is 5.47. The van der Waals surface area contributed by atoms with Crippen LogP contribution in [0, 0.1) is 0 Å². The summed E-state index contributed by atoms with van der Waals surface area (Å²) in [5.41, 5.74) is 0. The zero-order valence-electron chi connectivity index (χ0n) is 7.04. The maximum atomic E-state index is 9.48. The first-order valence-corrected chi connectivity index (χ1v) is 4.84. The van der Waals surface area contributed by atoms with Crippen molar-refractivity contribution in [3.8, 4) is 0 Å². The Morgan fingerprint density at radius 1 is 1.42 bits per heavy atom.